The Bertz CT molecular complexity index is 371. The normalized spacial score (nSPS) is 19.4. The molecule has 1 heterocycles. The van der Waals surface area contributed by atoms with E-state index in [1.807, 2.05) is 0 Å². The Balaban J connectivity index is 2.90. The second kappa shape index (κ2) is 5.38. The monoisotopic (exact) mass is 265 g/mol. The molecule has 4 N–H and O–H groups in total. The number of aliphatic hydroxyl groups is 1. The lowest BCUT2D eigenvalue weighted by molar-refractivity contribution is -0.129. The number of alkyl halides is 3. The molecule has 1 fully saturated rings. The van der Waals surface area contributed by atoms with Gasteiger partial charge in [0.25, 0.3) is 5.91 Å². The maximum atomic E-state index is 12.4. The summed E-state index contributed by atoms with van der Waals surface area (Å²) in [6, 6.07) is 0. The molecule has 0 aromatic heterocycles. The summed E-state index contributed by atoms with van der Waals surface area (Å²) < 4.78 is 37.1. The Morgan fingerprint density at radius 1 is 1.39 bits per heavy atom. The van der Waals surface area contributed by atoms with E-state index < -0.39 is 29.5 Å². The van der Waals surface area contributed by atoms with Crippen LogP contribution in [-0.2, 0) is 4.79 Å². The summed E-state index contributed by atoms with van der Waals surface area (Å²) in [5, 5.41) is 16.1. The standard InChI is InChI=1S/C10H14F3N3O2/c11-10(12,13)8(15)7(5-14)9(18)16-3-1-6(17)2-4-16/h5-6,14,17H,1-4,15H2. The maximum Gasteiger partial charge on any atom is 0.431 e. The average Bonchev–Trinajstić information content (AvgIpc) is 2.29. The van der Waals surface area contributed by atoms with Crippen LogP contribution in [0.2, 0.25) is 0 Å². The number of hydrogen-bond donors (Lipinski definition) is 3. The van der Waals surface area contributed by atoms with Gasteiger partial charge in [0.1, 0.15) is 5.70 Å². The van der Waals surface area contributed by atoms with Crippen LogP contribution in [-0.4, -0.2) is 47.5 Å². The number of hydrogen-bond acceptors (Lipinski definition) is 4. The molecule has 0 radical (unpaired) electrons. The minimum Gasteiger partial charge on any atom is -0.394 e. The van der Waals surface area contributed by atoms with E-state index in [4.69, 9.17) is 11.1 Å². The highest BCUT2D eigenvalue weighted by atomic mass is 19.4. The summed E-state index contributed by atoms with van der Waals surface area (Å²) in [6.45, 7) is 0.310. The van der Waals surface area contributed by atoms with Crippen LogP contribution in [0.25, 0.3) is 0 Å². The lowest BCUT2D eigenvalue weighted by atomic mass is 10.1. The molecule has 5 nitrogen and oxygen atoms in total. The number of carbonyl (C=O) groups is 1. The third kappa shape index (κ3) is 3.22. The van der Waals surface area contributed by atoms with Crippen molar-refractivity contribution in [1.82, 2.24) is 4.90 Å². The molecule has 0 unspecified atom stereocenters. The first-order valence-corrected chi connectivity index (χ1v) is 5.32. The smallest absolute Gasteiger partial charge is 0.394 e. The van der Waals surface area contributed by atoms with Crippen molar-refractivity contribution >= 4 is 12.1 Å². The molecule has 0 aliphatic carbocycles. The largest absolute Gasteiger partial charge is 0.431 e. The van der Waals surface area contributed by atoms with E-state index in [1.165, 1.54) is 0 Å². The summed E-state index contributed by atoms with van der Waals surface area (Å²) in [7, 11) is 0. The zero-order chi connectivity index (χ0) is 13.9. The number of aliphatic hydroxyl groups excluding tert-OH is 1. The highest BCUT2D eigenvalue weighted by molar-refractivity contribution is 6.12. The molecule has 102 valence electrons. The van der Waals surface area contributed by atoms with Crippen molar-refractivity contribution in [3.63, 3.8) is 0 Å². The summed E-state index contributed by atoms with van der Waals surface area (Å²) in [6.07, 6.45) is -4.44. The molecular weight excluding hydrogens is 251 g/mol. The lowest BCUT2D eigenvalue weighted by Gasteiger charge is -2.30. The van der Waals surface area contributed by atoms with Crippen LogP contribution < -0.4 is 5.73 Å². The van der Waals surface area contributed by atoms with Crippen LogP contribution in [0.3, 0.4) is 0 Å². The molecule has 1 amide bonds. The van der Waals surface area contributed by atoms with Crippen molar-refractivity contribution in [2.45, 2.75) is 25.1 Å². The first-order valence-electron chi connectivity index (χ1n) is 5.32. The van der Waals surface area contributed by atoms with E-state index in [9.17, 15) is 23.1 Å². The van der Waals surface area contributed by atoms with Gasteiger partial charge in [-0.2, -0.15) is 13.2 Å². The first-order chi connectivity index (χ1) is 8.27. The van der Waals surface area contributed by atoms with Crippen molar-refractivity contribution in [1.29, 1.82) is 5.41 Å². The Morgan fingerprint density at radius 2 is 1.89 bits per heavy atom. The van der Waals surface area contributed by atoms with E-state index in [1.54, 1.807) is 0 Å². The van der Waals surface area contributed by atoms with Crippen LogP contribution in [0, 0.1) is 5.41 Å². The SMILES string of the molecule is N=CC(C(=O)N1CCC(O)CC1)=C(N)C(F)(F)F. The third-order valence-electron chi connectivity index (χ3n) is 2.72. The van der Waals surface area contributed by atoms with Gasteiger partial charge in [-0.25, -0.2) is 0 Å². The molecule has 0 aromatic rings. The van der Waals surface area contributed by atoms with Gasteiger partial charge in [-0.05, 0) is 12.8 Å². The Morgan fingerprint density at radius 3 is 2.28 bits per heavy atom. The number of piperidine rings is 1. The molecule has 18 heavy (non-hydrogen) atoms. The summed E-state index contributed by atoms with van der Waals surface area (Å²) in [5.41, 5.74) is 2.42. The second-order valence-electron chi connectivity index (χ2n) is 3.99. The molecule has 0 saturated carbocycles. The Labute approximate surface area is 102 Å². The van der Waals surface area contributed by atoms with Gasteiger partial charge in [0.2, 0.25) is 0 Å². The van der Waals surface area contributed by atoms with Gasteiger partial charge in [0.15, 0.2) is 0 Å². The number of amides is 1. The van der Waals surface area contributed by atoms with Crippen LogP contribution in [0.1, 0.15) is 12.8 Å². The number of nitrogens with one attached hydrogen (secondary N) is 1. The molecule has 0 aromatic carbocycles. The van der Waals surface area contributed by atoms with Crippen molar-refractivity contribution in [2.75, 3.05) is 13.1 Å². The zero-order valence-electron chi connectivity index (χ0n) is 9.50. The summed E-state index contributed by atoms with van der Waals surface area (Å²) in [4.78, 5) is 12.9. The number of halogens is 3. The predicted octanol–water partition coefficient (Wildman–Crippen LogP) is 0.394. The fourth-order valence-corrected chi connectivity index (χ4v) is 1.65. The topological polar surface area (TPSA) is 90.4 Å². The quantitative estimate of drug-likeness (QED) is 0.498. The molecule has 0 spiro atoms. The van der Waals surface area contributed by atoms with Crippen LogP contribution in [0.15, 0.2) is 11.3 Å². The summed E-state index contributed by atoms with van der Waals surface area (Å²) >= 11 is 0. The lowest BCUT2D eigenvalue weighted by Crippen LogP contribution is -2.42. The van der Waals surface area contributed by atoms with E-state index >= 15 is 0 Å². The molecule has 1 saturated heterocycles. The second-order valence-corrected chi connectivity index (χ2v) is 3.99. The maximum absolute atomic E-state index is 12.4. The zero-order valence-corrected chi connectivity index (χ0v) is 9.50. The number of nitrogens with zero attached hydrogens (tertiary/aromatic N) is 1. The van der Waals surface area contributed by atoms with E-state index in [0.717, 1.165) is 4.90 Å². The fourth-order valence-electron chi connectivity index (χ4n) is 1.65. The molecule has 1 aliphatic heterocycles. The molecule has 1 rings (SSSR count). The minimum absolute atomic E-state index is 0.155. The number of nitrogens with two attached hydrogens (primary N) is 1. The van der Waals surface area contributed by atoms with E-state index in [2.05, 4.69) is 0 Å². The highest BCUT2D eigenvalue weighted by Gasteiger charge is 2.37. The third-order valence-corrected chi connectivity index (χ3v) is 2.72. The van der Waals surface area contributed by atoms with E-state index in [-0.39, 0.29) is 13.1 Å². The number of rotatable bonds is 2. The fraction of sp³-hybridized carbons (Fsp3) is 0.600. The number of carbonyl (C=O) groups excluding carboxylic acids is 1. The molecule has 0 atom stereocenters. The minimum atomic E-state index is -4.84. The van der Waals surface area contributed by atoms with Crippen molar-refractivity contribution in [2.24, 2.45) is 5.73 Å². The average molecular weight is 265 g/mol. The molecule has 0 bridgehead atoms. The van der Waals surface area contributed by atoms with Gasteiger partial charge >= 0.3 is 6.18 Å². The first kappa shape index (κ1) is 14.5. The van der Waals surface area contributed by atoms with Crippen LogP contribution >= 0.6 is 0 Å². The van der Waals surface area contributed by atoms with Gasteiger partial charge < -0.3 is 21.1 Å². The highest BCUT2D eigenvalue weighted by Crippen LogP contribution is 2.25. The van der Waals surface area contributed by atoms with Crippen molar-refractivity contribution in [3.05, 3.63) is 11.3 Å². The van der Waals surface area contributed by atoms with Gasteiger partial charge in [-0.15, -0.1) is 0 Å². The van der Waals surface area contributed by atoms with Crippen LogP contribution in [0.4, 0.5) is 13.2 Å². The van der Waals surface area contributed by atoms with E-state index in [0.29, 0.717) is 19.1 Å². The van der Waals surface area contributed by atoms with Crippen molar-refractivity contribution < 1.29 is 23.1 Å². The summed E-state index contributed by atoms with van der Waals surface area (Å²) in [5.74, 6) is -0.924. The van der Waals surface area contributed by atoms with Gasteiger partial charge in [-0.3, -0.25) is 4.79 Å². The van der Waals surface area contributed by atoms with Gasteiger partial charge in [0.05, 0.1) is 11.7 Å². The van der Waals surface area contributed by atoms with Crippen LogP contribution in [0.5, 0.6) is 0 Å². The molecule has 1 aliphatic rings. The number of allylic oxidation sites excluding steroid dienone is 1. The van der Waals surface area contributed by atoms with Gasteiger partial charge in [-0.1, -0.05) is 0 Å². The van der Waals surface area contributed by atoms with Gasteiger partial charge in [0, 0.05) is 19.3 Å². The van der Waals surface area contributed by atoms with Crippen molar-refractivity contribution in [3.8, 4) is 0 Å². The Kier molecular flexibility index (Phi) is 4.33. The Hall–Kier alpha value is -1.57. The number of likely N-dealkylation sites (tertiary alicyclic amines) is 1. The molecular formula is C10H14F3N3O2. The molecule has 8 heteroatoms. The predicted molar refractivity (Wildman–Crippen MR) is 57.9 cm³/mol.